The molecule has 0 radical (unpaired) electrons. The Balaban J connectivity index is 1.50. The number of anilines is 1. The van der Waals surface area contributed by atoms with Crippen LogP contribution in [0.5, 0.6) is 5.75 Å². The van der Waals surface area contributed by atoms with Crippen molar-refractivity contribution in [1.82, 2.24) is 10.3 Å². The van der Waals surface area contributed by atoms with E-state index in [0.717, 1.165) is 11.3 Å². The standard InChI is InChI=1S/C23H25N3O4/c1-23(2,13-26-19-6-4-3-5-14(19)9-22(26)30)24-12-20(28)17-10-15(27)11-18-16(17)7-8-21(29)25-18/h3-8,10-11,20,24,27-28H,9,12-13H2,1-2H3,(H,25,29). The largest absolute Gasteiger partial charge is 0.508 e. The van der Waals surface area contributed by atoms with Gasteiger partial charge in [-0.1, -0.05) is 18.2 Å². The van der Waals surface area contributed by atoms with Gasteiger partial charge in [-0.2, -0.15) is 0 Å². The zero-order valence-corrected chi connectivity index (χ0v) is 17.0. The lowest BCUT2D eigenvalue weighted by atomic mass is 10.00. The first-order chi connectivity index (χ1) is 14.2. The molecule has 7 heteroatoms. The van der Waals surface area contributed by atoms with Gasteiger partial charge in [-0.05, 0) is 43.2 Å². The number of nitrogens with one attached hydrogen (secondary N) is 2. The number of nitrogens with zero attached hydrogens (tertiary/aromatic N) is 1. The van der Waals surface area contributed by atoms with Crippen molar-refractivity contribution in [1.29, 1.82) is 0 Å². The summed E-state index contributed by atoms with van der Waals surface area (Å²) in [5, 5.41) is 24.8. The summed E-state index contributed by atoms with van der Waals surface area (Å²) in [6, 6.07) is 13.8. The number of para-hydroxylation sites is 1. The van der Waals surface area contributed by atoms with Crippen molar-refractivity contribution in [2.24, 2.45) is 0 Å². The highest BCUT2D eigenvalue weighted by Gasteiger charge is 2.32. The van der Waals surface area contributed by atoms with Gasteiger partial charge in [0.25, 0.3) is 0 Å². The number of carbonyl (C=O) groups excluding carboxylic acids is 1. The van der Waals surface area contributed by atoms with Crippen LogP contribution < -0.4 is 15.8 Å². The highest BCUT2D eigenvalue weighted by atomic mass is 16.3. The highest BCUT2D eigenvalue weighted by molar-refractivity contribution is 6.01. The lowest BCUT2D eigenvalue weighted by Crippen LogP contribution is -2.51. The van der Waals surface area contributed by atoms with Gasteiger partial charge in [-0.15, -0.1) is 0 Å². The smallest absolute Gasteiger partial charge is 0.248 e. The molecule has 2 heterocycles. The normalized spacial score (nSPS) is 14.9. The number of phenolic OH excluding ortho intramolecular Hbond substituents is 1. The molecule has 0 aliphatic carbocycles. The number of pyridine rings is 1. The lowest BCUT2D eigenvalue weighted by Gasteiger charge is -2.32. The van der Waals surface area contributed by atoms with Gasteiger partial charge in [0.2, 0.25) is 11.5 Å². The number of hydrogen-bond donors (Lipinski definition) is 4. The molecular weight excluding hydrogens is 382 g/mol. The zero-order valence-electron chi connectivity index (χ0n) is 17.0. The number of benzene rings is 2. The summed E-state index contributed by atoms with van der Waals surface area (Å²) < 4.78 is 0. The van der Waals surface area contributed by atoms with Gasteiger partial charge in [-0.3, -0.25) is 9.59 Å². The summed E-state index contributed by atoms with van der Waals surface area (Å²) >= 11 is 0. The maximum absolute atomic E-state index is 12.5. The third-order valence-corrected chi connectivity index (χ3v) is 5.47. The van der Waals surface area contributed by atoms with Crippen LogP contribution in [0.25, 0.3) is 10.9 Å². The van der Waals surface area contributed by atoms with Crippen molar-refractivity contribution >= 4 is 22.5 Å². The first kappa shape index (κ1) is 20.1. The fraction of sp³-hybridized carbons (Fsp3) is 0.304. The SMILES string of the molecule is CC(C)(CN1C(=O)Cc2ccccc21)NCC(O)c1cc(O)cc2[nH]c(=O)ccc12. The van der Waals surface area contributed by atoms with Gasteiger partial charge in [0.1, 0.15) is 5.75 Å². The second kappa shape index (κ2) is 7.59. The number of aliphatic hydroxyl groups is 1. The lowest BCUT2D eigenvalue weighted by molar-refractivity contribution is -0.117. The van der Waals surface area contributed by atoms with Crippen molar-refractivity contribution in [2.45, 2.75) is 31.9 Å². The average molecular weight is 407 g/mol. The second-order valence-electron chi connectivity index (χ2n) is 8.38. The van der Waals surface area contributed by atoms with Crippen LogP contribution in [0.3, 0.4) is 0 Å². The number of aromatic nitrogens is 1. The second-order valence-corrected chi connectivity index (χ2v) is 8.38. The van der Waals surface area contributed by atoms with E-state index >= 15 is 0 Å². The van der Waals surface area contributed by atoms with E-state index in [1.807, 2.05) is 38.1 Å². The minimum atomic E-state index is -0.911. The third kappa shape index (κ3) is 3.94. The molecule has 0 bridgehead atoms. The monoisotopic (exact) mass is 407 g/mol. The highest BCUT2D eigenvalue weighted by Crippen LogP contribution is 2.30. The topological polar surface area (TPSA) is 106 Å². The molecule has 2 aromatic carbocycles. The Morgan fingerprint density at radius 3 is 2.73 bits per heavy atom. The molecule has 3 aromatic rings. The molecule has 7 nitrogen and oxygen atoms in total. The minimum Gasteiger partial charge on any atom is -0.508 e. The van der Waals surface area contributed by atoms with Crippen molar-refractivity contribution in [3.05, 3.63) is 70.0 Å². The van der Waals surface area contributed by atoms with Gasteiger partial charge in [0.05, 0.1) is 18.0 Å². The molecule has 0 fully saturated rings. The number of fused-ring (bicyclic) bond motifs is 2. The fourth-order valence-electron chi connectivity index (χ4n) is 3.98. The van der Waals surface area contributed by atoms with Crippen LogP contribution in [-0.2, 0) is 11.2 Å². The number of phenols is 1. The van der Waals surface area contributed by atoms with Gasteiger partial charge in [0, 0.05) is 41.8 Å². The quantitative estimate of drug-likeness (QED) is 0.501. The number of hydrogen-bond acceptors (Lipinski definition) is 5. The molecule has 1 amide bonds. The number of carbonyl (C=O) groups is 1. The Hall–Kier alpha value is -3.16. The van der Waals surface area contributed by atoms with Crippen LogP contribution in [0.1, 0.15) is 31.1 Å². The fourth-order valence-corrected chi connectivity index (χ4v) is 3.98. The summed E-state index contributed by atoms with van der Waals surface area (Å²) in [4.78, 5) is 28.5. The summed E-state index contributed by atoms with van der Waals surface area (Å²) in [5.74, 6) is 0.0338. The van der Waals surface area contributed by atoms with Crippen LogP contribution >= 0.6 is 0 Å². The van der Waals surface area contributed by atoms with Crippen LogP contribution in [0.2, 0.25) is 0 Å². The molecule has 156 valence electrons. The van der Waals surface area contributed by atoms with Crippen molar-refractivity contribution in [3.63, 3.8) is 0 Å². The number of aliphatic hydroxyl groups excluding tert-OH is 1. The van der Waals surface area contributed by atoms with E-state index in [0.29, 0.717) is 29.4 Å². The van der Waals surface area contributed by atoms with E-state index in [1.165, 1.54) is 18.2 Å². The van der Waals surface area contributed by atoms with Gasteiger partial charge < -0.3 is 25.4 Å². The van der Waals surface area contributed by atoms with E-state index < -0.39 is 11.6 Å². The molecule has 0 saturated heterocycles. The van der Waals surface area contributed by atoms with E-state index in [-0.39, 0.29) is 23.8 Å². The van der Waals surface area contributed by atoms with Crippen molar-refractivity contribution in [2.75, 3.05) is 18.0 Å². The molecule has 1 aliphatic rings. The first-order valence-electron chi connectivity index (χ1n) is 9.91. The van der Waals surface area contributed by atoms with Crippen LogP contribution in [0, 0.1) is 0 Å². The Labute approximate surface area is 174 Å². The molecule has 0 spiro atoms. The Morgan fingerprint density at radius 2 is 1.93 bits per heavy atom. The molecule has 1 aliphatic heterocycles. The van der Waals surface area contributed by atoms with E-state index in [2.05, 4.69) is 10.3 Å². The number of β-amino-alcohol motifs (C(OH)–C–C–N with tert-alkyl or cyclic N) is 1. The number of H-pyrrole nitrogens is 1. The summed E-state index contributed by atoms with van der Waals surface area (Å²) in [6.07, 6.45) is -0.506. The Kier molecular flexibility index (Phi) is 5.09. The number of amides is 1. The predicted molar refractivity (Wildman–Crippen MR) is 116 cm³/mol. The van der Waals surface area contributed by atoms with Gasteiger partial charge in [0.15, 0.2) is 0 Å². The van der Waals surface area contributed by atoms with Crippen molar-refractivity contribution in [3.8, 4) is 5.75 Å². The van der Waals surface area contributed by atoms with Crippen LogP contribution in [-0.4, -0.2) is 39.7 Å². The summed E-state index contributed by atoms with van der Waals surface area (Å²) in [6.45, 7) is 4.63. The number of aromatic amines is 1. The van der Waals surface area contributed by atoms with E-state index in [1.54, 1.807) is 11.0 Å². The van der Waals surface area contributed by atoms with Gasteiger partial charge in [-0.25, -0.2) is 0 Å². The average Bonchev–Trinajstić information content (AvgIpc) is 3.00. The number of aromatic hydroxyl groups is 1. The third-order valence-electron chi connectivity index (χ3n) is 5.47. The molecule has 1 unspecified atom stereocenters. The molecule has 1 atom stereocenters. The number of rotatable bonds is 6. The zero-order chi connectivity index (χ0) is 21.5. The minimum absolute atomic E-state index is 0.0306. The van der Waals surface area contributed by atoms with Crippen LogP contribution in [0.4, 0.5) is 5.69 Å². The predicted octanol–water partition coefficient (Wildman–Crippen LogP) is 2.22. The van der Waals surface area contributed by atoms with E-state index in [4.69, 9.17) is 0 Å². The molecule has 4 N–H and O–H groups in total. The maximum atomic E-state index is 12.5. The Morgan fingerprint density at radius 1 is 1.17 bits per heavy atom. The molecular formula is C23H25N3O4. The van der Waals surface area contributed by atoms with E-state index in [9.17, 15) is 19.8 Å². The maximum Gasteiger partial charge on any atom is 0.248 e. The molecule has 4 rings (SSSR count). The molecule has 1 aromatic heterocycles. The Bertz CT molecular complexity index is 1170. The molecule has 30 heavy (non-hydrogen) atoms. The summed E-state index contributed by atoms with van der Waals surface area (Å²) in [7, 11) is 0. The first-order valence-corrected chi connectivity index (χ1v) is 9.91. The summed E-state index contributed by atoms with van der Waals surface area (Å²) in [5.41, 5.74) is 2.21. The van der Waals surface area contributed by atoms with Crippen LogP contribution in [0.15, 0.2) is 53.3 Å². The van der Waals surface area contributed by atoms with Gasteiger partial charge >= 0.3 is 0 Å². The molecule has 0 saturated carbocycles. The van der Waals surface area contributed by atoms with Crippen molar-refractivity contribution < 1.29 is 15.0 Å².